The Hall–Kier alpha value is -3.81. The summed E-state index contributed by atoms with van der Waals surface area (Å²) in [7, 11) is 1.66. The Kier molecular flexibility index (Phi) is 5.38. The van der Waals surface area contributed by atoms with Crippen LogP contribution in [0.2, 0.25) is 0 Å². The van der Waals surface area contributed by atoms with Crippen LogP contribution in [0.25, 0.3) is 0 Å². The number of nitrogens with zero attached hydrogens (tertiary/aromatic N) is 4. The zero-order chi connectivity index (χ0) is 21.1. The van der Waals surface area contributed by atoms with Crippen LogP contribution in [0.1, 0.15) is 27.6 Å². The fraction of sp³-hybridized carbons (Fsp3) is 0.227. The lowest BCUT2D eigenvalue weighted by Gasteiger charge is -2.24. The van der Waals surface area contributed by atoms with E-state index in [1.54, 1.807) is 19.3 Å². The van der Waals surface area contributed by atoms with Crippen molar-refractivity contribution in [3.63, 3.8) is 0 Å². The Morgan fingerprint density at radius 2 is 2.10 bits per heavy atom. The van der Waals surface area contributed by atoms with Crippen LogP contribution in [-0.4, -0.2) is 45.1 Å². The van der Waals surface area contributed by atoms with Crippen molar-refractivity contribution in [1.29, 1.82) is 0 Å². The first-order valence-electron chi connectivity index (χ1n) is 9.67. The van der Waals surface area contributed by atoms with Gasteiger partial charge in [0.1, 0.15) is 17.7 Å². The molecular formula is C22H22N6O2. The molecule has 2 N–H and O–H groups in total. The monoisotopic (exact) mass is 402 g/mol. The average molecular weight is 402 g/mol. The minimum absolute atomic E-state index is 0.000850. The first-order chi connectivity index (χ1) is 14.6. The van der Waals surface area contributed by atoms with Gasteiger partial charge in [0.25, 0.3) is 11.8 Å². The third-order valence-corrected chi connectivity index (χ3v) is 5.20. The van der Waals surface area contributed by atoms with Crippen molar-refractivity contribution < 1.29 is 9.59 Å². The molecule has 0 saturated heterocycles. The van der Waals surface area contributed by atoms with Gasteiger partial charge in [0, 0.05) is 25.6 Å². The van der Waals surface area contributed by atoms with Gasteiger partial charge in [-0.15, -0.1) is 11.7 Å². The number of hydrogen-bond donors (Lipinski definition) is 2. The van der Waals surface area contributed by atoms with Crippen molar-refractivity contribution in [2.45, 2.75) is 18.9 Å². The van der Waals surface area contributed by atoms with E-state index in [0.717, 1.165) is 11.1 Å². The minimum Gasteiger partial charge on any atom is -0.337 e. The van der Waals surface area contributed by atoms with E-state index in [1.165, 1.54) is 4.90 Å². The molecule has 2 atom stereocenters. The van der Waals surface area contributed by atoms with Crippen LogP contribution in [-0.2, 0) is 17.6 Å². The van der Waals surface area contributed by atoms with Crippen LogP contribution in [0.3, 0.4) is 0 Å². The van der Waals surface area contributed by atoms with Gasteiger partial charge in [-0.05, 0) is 23.6 Å². The molecule has 1 aromatic carbocycles. The van der Waals surface area contributed by atoms with Crippen molar-refractivity contribution in [2.75, 3.05) is 11.9 Å². The Morgan fingerprint density at radius 1 is 1.30 bits per heavy atom. The molecule has 4 rings (SSSR count). The van der Waals surface area contributed by atoms with E-state index in [9.17, 15) is 9.59 Å². The van der Waals surface area contributed by atoms with Gasteiger partial charge in [-0.2, -0.15) is 0 Å². The van der Waals surface area contributed by atoms with Crippen LogP contribution >= 0.6 is 0 Å². The van der Waals surface area contributed by atoms with E-state index in [-0.39, 0.29) is 17.6 Å². The van der Waals surface area contributed by atoms with E-state index >= 15 is 0 Å². The average Bonchev–Trinajstić information content (AvgIpc) is 3.21. The molecule has 0 unspecified atom stereocenters. The molecule has 0 radical (unpaired) electrons. The van der Waals surface area contributed by atoms with Crippen LogP contribution in [0, 0.1) is 5.92 Å². The topological polar surface area (TPSA) is 104 Å². The molecule has 1 aliphatic rings. The number of likely N-dealkylation sites (N-methyl/N-ethyl adjacent to an activating group) is 1. The highest BCUT2D eigenvalue weighted by molar-refractivity contribution is 6.01. The van der Waals surface area contributed by atoms with E-state index in [4.69, 9.17) is 0 Å². The first-order valence-corrected chi connectivity index (χ1v) is 9.67. The second kappa shape index (κ2) is 8.28. The van der Waals surface area contributed by atoms with Gasteiger partial charge in [0.15, 0.2) is 0 Å². The van der Waals surface area contributed by atoms with Gasteiger partial charge in [-0.3, -0.25) is 19.6 Å². The van der Waals surface area contributed by atoms with E-state index in [2.05, 4.69) is 32.1 Å². The number of H-pyrrole nitrogens is 1. The number of aromatic amines is 1. The summed E-state index contributed by atoms with van der Waals surface area (Å²) in [6.07, 6.45) is 4.41. The lowest BCUT2D eigenvalue weighted by atomic mass is 9.93. The number of hydrogen-bond acceptors (Lipinski definition) is 5. The number of nitrogens with one attached hydrogen (secondary N) is 2. The molecule has 8 nitrogen and oxygen atoms in total. The molecule has 152 valence electrons. The normalized spacial score (nSPS) is 18.4. The summed E-state index contributed by atoms with van der Waals surface area (Å²) in [5, 5.41) is 9.62. The number of rotatable bonds is 5. The number of fused-ring (bicyclic) bond motifs is 1. The molecule has 0 aliphatic carbocycles. The SMILES string of the molecule is C=C[C@@H]1Cc2cccnc2N(C)C(=O)[C@@H]1NC(=O)c1n[nH]c(Cc2ccccc2)n1. The number of benzene rings is 1. The lowest BCUT2D eigenvalue weighted by molar-refractivity contribution is -0.120. The summed E-state index contributed by atoms with van der Waals surface area (Å²) < 4.78 is 0. The highest BCUT2D eigenvalue weighted by Crippen LogP contribution is 2.27. The largest absolute Gasteiger partial charge is 0.337 e. The summed E-state index contributed by atoms with van der Waals surface area (Å²) in [5.74, 6) is 0.117. The number of carbonyl (C=O) groups is 2. The number of amides is 2. The minimum atomic E-state index is -0.787. The molecule has 2 amide bonds. The zero-order valence-corrected chi connectivity index (χ0v) is 16.6. The Morgan fingerprint density at radius 3 is 2.87 bits per heavy atom. The number of pyridine rings is 1. The molecule has 0 saturated carbocycles. The van der Waals surface area contributed by atoms with Crippen LogP contribution in [0.15, 0.2) is 61.3 Å². The maximum Gasteiger partial charge on any atom is 0.291 e. The predicted molar refractivity (Wildman–Crippen MR) is 112 cm³/mol. The third-order valence-electron chi connectivity index (χ3n) is 5.20. The highest BCUT2D eigenvalue weighted by Gasteiger charge is 2.36. The second-order valence-corrected chi connectivity index (χ2v) is 7.21. The Labute approximate surface area is 174 Å². The van der Waals surface area contributed by atoms with Crippen molar-refractivity contribution in [2.24, 2.45) is 5.92 Å². The molecule has 3 aromatic rings. The molecule has 30 heavy (non-hydrogen) atoms. The molecular weight excluding hydrogens is 380 g/mol. The summed E-state index contributed by atoms with van der Waals surface area (Å²) in [5.41, 5.74) is 1.98. The zero-order valence-electron chi connectivity index (χ0n) is 16.6. The summed E-state index contributed by atoms with van der Waals surface area (Å²) in [6.45, 7) is 3.86. The first kappa shape index (κ1) is 19.5. The van der Waals surface area contributed by atoms with Crippen molar-refractivity contribution in [3.05, 3.63) is 84.1 Å². The quantitative estimate of drug-likeness (QED) is 0.635. The van der Waals surface area contributed by atoms with Gasteiger partial charge in [-0.25, -0.2) is 9.97 Å². The van der Waals surface area contributed by atoms with Crippen molar-refractivity contribution in [1.82, 2.24) is 25.5 Å². The molecule has 1 aliphatic heterocycles. The van der Waals surface area contributed by atoms with Gasteiger partial charge in [0.2, 0.25) is 5.82 Å². The number of anilines is 1. The molecule has 2 aromatic heterocycles. The summed E-state index contributed by atoms with van der Waals surface area (Å²) in [6, 6.07) is 12.7. The number of aromatic nitrogens is 4. The standard InChI is InChI=1S/C22H22N6O2/c1-3-15-13-16-10-7-11-23-20(16)28(2)22(30)18(15)25-21(29)19-24-17(26-27-19)12-14-8-5-4-6-9-14/h3-11,15,18H,1,12-13H2,2H3,(H,25,29)(H,24,26,27)/t15-,18-/m1/s1. The van der Waals surface area contributed by atoms with Gasteiger partial charge >= 0.3 is 0 Å². The highest BCUT2D eigenvalue weighted by atomic mass is 16.2. The van der Waals surface area contributed by atoms with E-state index in [1.807, 2.05) is 42.5 Å². The predicted octanol–water partition coefficient (Wildman–Crippen LogP) is 1.91. The molecule has 8 heteroatoms. The van der Waals surface area contributed by atoms with Crippen LogP contribution in [0.5, 0.6) is 0 Å². The van der Waals surface area contributed by atoms with Crippen LogP contribution in [0.4, 0.5) is 5.82 Å². The molecule has 0 spiro atoms. The second-order valence-electron chi connectivity index (χ2n) is 7.21. The van der Waals surface area contributed by atoms with Crippen molar-refractivity contribution >= 4 is 17.6 Å². The third kappa shape index (κ3) is 3.84. The maximum atomic E-state index is 13.1. The smallest absolute Gasteiger partial charge is 0.291 e. The fourth-order valence-corrected chi connectivity index (χ4v) is 3.62. The summed E-state index contributed by atoms with van der Waals surface area (Å²) in [4.78, 5) is 36.0. The van der Waals surface area contributed by atoms with Crippen LogP contribution < -0.4 is 10.2 Å². The van der Waals surface area contributed by atoms with Gasteiger partial charge in [0.05, 0.1) is 0 Å². The lowest BCUT2D eigenvalue weighted by Crippen LogP contribution is -2.50. The van der Waals surface area contributed by atoms with E-state index in [0.29, 0.717) is 24.5 Å². The van der Waals surface area contributed by atoms with Gasteiger partial charge < -0.3 is 5.32 Å². The molecule has 3 heterocycles. The van der Waals surface area contributed by atoms with Gasteiger partial charge in [-0.1, -0.05) is 42.5 Å². The Bertz CT molecular complexity index is 1080. The number of carbonyl (C=O) groups excluding carboxylic acids is 2. The summed E-state index contributed by atoms with van der Waals surface area (Å²) >= 11 is 0. The Balaban J connectivity index is 1.52. The molecule has 0 fully saturated rings. The fourth-order valence-electron chi connectivity index (χ4n) is 3.62. The molecule has 0 bridgehead atoms. The maximum absolute atomic E-state index is 13.1. The van der Waals surface area contributed by atoms with E-state index < -0.39 is 11.9 Å². The van der Waals surface area contributed by atoms with Crippen molar-refractivity contribution in [3.8, 4) is 0 Å².